The molecule has 1 heterocycles. The van der Waals surface area contributed by atoms with Gasteiger partial charge in [-0.25, -0.2) is 4.39 Å². The summed E-state index contributed by atoms with van der Waals surface area (Å²) in [6.45, 7) is 0. The molecule has 0 aliphatic heterocycles. The average Bonchev–Trinajstić information content (AvgIpc) is 2.47. The third-order valence-electron chi connectivity index (χ3n) is 2.93. The molecule has 0 bridgehead atoms. The number of pyridine rings is 1. The zero-order valence-corrected chi connectivity index (χ0v) is 10.6. The van der Waals surface area contributed by atoms with Crippen molar-refractivity contribution in [2.75, 3.05) is 7.11 Å². The molecule has 1 unspecified atom stereocenters. The minimum Gasteiger partial charge on any atom is -0.494 e. The summed E-state index contributed by atoms with van der Waals surface area (Å²) in [5.74, 6) is 5.40. The highest BCUT2D eigenvalue weighted by Crippen LogP contribution is 2.24. The molecule has 4 nitrogen and oxygen atoms in total. The SMILES string of the molecule is COc1cccc(CC(NN)c2ccccn2)c1F. The number of nitrogens with one attached hydrogen (secondary N) is 1. The van der Waals surface area contributed by atoms with Crippen LogP contribution in [-0.4, -0.2) is 12.1 Å². The number of hydrogen-bond donors (Lipinski definition) is 2. The molecule has 0 saturated carbocycles. The molecule has 0 aliphatic carbocycles. The van der Waals surface area contributed by atoms with Gasteiger partial charge in [0.25, 0.3) is 0 Å². The van der Waals surface area contributed by atoms with Gasteiger partial charge in [0.2, 0.25) is 0 Å². The Kier molecular flexibility index (Phi) is 4.43. The van der Waals surface area contributed by atoms with Gasteiger partial charge in [0.1, 0.15) is 0 Å². The van der Waals surface area contributed by atoms with Crippen LogP contribution < -0.4 is 16.0 Å². The molecule has 0 fully saturated rings. The number of ether oxygens (including phenoxy) is 1. The molecule has 2 rings (SSSR count). The Bertz CT molecular complexity index is 533. The summed E-state index contributed by atoms with van der Waals surface area (Å²) in [4.78, 5) is 4.22. The highest BCUT2D eigenvalue weighted by Gasteiger charge is 2.16. The lowest BCUT2D eigenvalue weighted by molar-refractivity contribution is 0.382. The number of rotatable bonds is 5. The molecular formula is C14H16FN3O. The molecule has 1 aromatic heterocycles. The molecule has 5 heteroatoms. The summed E-state index contributed by atoms with van der Waals surface area (Å²) >= 11 is 0. The summed E-state index contributed by atoms with van der Waals surface area (Å²) < 4.78 is 19.0. The molecule has 19 heavy (non-hydrogen) atoms. The standard InChI is InChI=1S/C14H16FN3O/c1-19-13-7-4-5-10(14(13)15)9-12(18-16)11-6-2-3-8-17-11/h2-8,12,18H,9,16H2,1H3. The van der Waals surface area contributed by atoms with Crippen LogP contribution in [0.15, 0.2) is 42.6 Å². The van der Waals surface area contributed by atoms with E-state index in [1.165, 1.54) is 7.11 Å². The second-order valence-corrected chi connectivity index (χ2v) is 4.11. The largest absolute Gasteiger partial charge is 0.494 e. The summed E-state index contributed by atoms with van der Waals surface area (Å²) in [6, 6.07) is 10.3. The average molecular weight is 261 g/mol. The first kappa shape index (κ1) is 13.5. The van der Waals surface area contributed by atoms with E-state index < -0.39 is 0 Å². The van der Waals surface area contributed by atoms with Crippen molar-refractivity contribution in [3.05, 3.63) is 59.7 Å². The summed E-state index contributed by atoms with van der Waals surface area (Å²) in [7, 11) is 1.44. The van der Waals surface area contributed by atoms with E-state index >= 15 is 0 Å². The smallest absolute Gasteiger partial charge is 0.168 e. The van der Waals surface area contributed by atoms with Crippen molar-refractivity contribution in [2.45, 2.75) is 12.5 Å². The number of hydrazine groups is 1. The summed E-state index contributed by atoms with van der Waals surface area (Å²) in [6.07, 6.45) is 2.08. The van der Waals surface area contributed by atoms with Gasteiger partial charge in [0.15, 0.2) is 11.6 Å². The number of halogens is 1. The lowest BCUT2D eigenvalue weighted by Gasteiger charge is -2.16. The van der Waals surface area contributed by atoms with Crippen molar-refractivity contribution in [1.29, 1.82) is 0 Å². The topological polar surface area (TPSA) is 60.2 Å². The van der Waals surface area contributed by atoms with Gasteiger partial charge in [-0.3, -0.25) is 16.3 Å². The number of nitrogens with two attached hydrogens (primary N) is 1. The van der Waals surface area contributed by atoms with Crippen molar-refractivity contribution in [3.8, 4) is 5.75 Å². The first-order valence-electron chi connectivity index (χ1n) is 5.94. The molecule has 0 amide bonds. The van der Waals surface area contributed by atoms with Crippen LogP contribution in [0.25, 0.3) is 0 Å². The van der Waals surface area contributed by atoms with Gasteiger partial charge in [-0.15, -0.1) is 0 Å². The number of aromatic nitrogens is 1. The van der Waals surface area contributed by atoms with E-state index in [2.05, 4.69) is 10.4 Å². The van der Waals surface area contributed by atoms with Gasteiger partial charge in [-0.05, 0) is 30.2 Å². The van der Waals surface area contributed by atoms with Crippen LogP contribution in [0.2, 0.25) is 0 Å². The van der Waals surface area contributed by atoms with E-state index in [1.807, 2.05) is 18.2 Å². The van der Waals surface area contributed by atoms with E-state index in [0.29, 0.717) is 12.0 Å². The normalized spacial score (nSPS) is 12.2. The zero-order valence-electron chi connectivity index (χ0n) is 10.6. The van der Waals surface area contributed by atoms with Crippen molar-refractivity contribution >= 4 is 0 Å². The second-order valence-electron chi connectivity index (χ2n) is 4.11. The Morgan fingerprint density at radius 3 is 2.79 bits per heavy atom. The first-order chi connectivity index (χ1) is 9.26. The molecule has 1 atom stereocenters. The van der Waals surface area contributed by atoms with E-state index in [-0.39, 0.29) is 17.6 Å². The van der Waals surface area contributed by atoms with E-state index in [4.69, 9.17) is 10.6 Å². The monoisotopic (exact) mass is 261 g/mol. The van der Waals surface area contributed by atoms with Crippen LogP contribution in [0.5, 0.6) is 5.75 Å². The van der Waals surface area contributed by atoms with Gasteiger partial charge >= 0.3 is 0 Å². The maximum absolute atomic E-state index is 14.1. The van der Waals surface area contributed by atoms with Crippen molar-refractivity contribution in [1.82, 2.24) is 10.4 Å². The Hall–Kier alpha value is -1.98. The number of benzene rings is 1. The fourth-order valence-corrected chi connectivity index (χ4v) is 1.92. The Labute approximate surface area is 111 Å². The van der Waals surface area contributed by atoms with Crippen LogP contribution in [0, 0.1) is 5.82 Å². The predicted molar refractivity (Wildman–Crippen MR) is 71.0 cm³/mol. The lowest BCUT2D eigenvalue weighted by Crippen LogP contribution is -2.30. The van der Waals surface area contributed by atoms with E-state index in [1.54, 1.807) is 24.4 Å². The van der Waals surface area contributed by atoms with Crippen molar-refractivity contribution in [3.63, 3.8) is 0 Å². The predicted octanol–water partition coefficient (Wildman–Crippen LogP) is 1.98. The number of methoxy groups -OCH3 is 1. The van der Waals surface area contributed by atoms with Crippen LogP contribution in [-0.2, 0) is 6.42 Å². The maximum atomic E-state index is 14.1. The van der Waals surface area contributed by atoms with Crippen LogP contribution in [0.4, 0.5) is 4.39 Å². The lowest BCUT2D eigenvalue weighted by atomic mass is 10.0. The van der Waals surface area contributed by atoms with Gasteiger partial charge in [-0.2, -0.15) is 0 Å². The van der Waals surface area contributed by atoms with Crippen molar-refractivity contribution in [2.24, 2.45) is 5.84 Å². The number of nitrogens with zero attached hydrogens (tertiary/aromatic N) is 1. The zero-order chi connectivity index (χ0) is 13.7. The molecular weight excluding hydrogens is 245 g/mol. The molecule has 0 spiro atoms. The third kappa shape index (κ3) is 3.07. The summed E-state index contributed by atoms with van der Waals surface area (Å²) in [5, 5.41) is 0. The van der Waals surface area contributed by atoms with Crippen LogP contribution in [0.3, 0.4) is 0 Å². The second kappa shape index (κ2) is 6.26. The molecule has 3 N–H and O–H groups in total. The van der Waals surface area contributed by atoms with E-state index in [0.717, 1.165) is 5.69 Å². The quantitative estimate of drug-likeness (QED) is 0.638. The fourth-order valence-electron chi connectivity index (χ4n) is 1.92. The Morgan fingerprint density at radius 1 is 1.32 bits per heavy atom. The Morgan fingerprint density at radius 2 is 2.16 bits per heavy atom. The third-order valence-corrected chi connectivity index (χ3v) is 2.93. The molecule has 100 valence electrons. The summed E-state index contributed by atoms with van der Waals surface area (Å²) in [5.41, 5.74) is 3.97. The van der Waals surface area contributed by atoms with Crippen LogP contribution >= 0.6 is 0 Å². The first-order valence-corrected chi connectivity index (χ1v) is 5.94. The fraction of sp³-hybridized carbons (Fsp3) is 0.214. The minimum absolute atomic E-state index is 0.231. The van der Waals surface area contributed by atoms with Gasteiger partial charge in [0.05, 0.1) is 18.8 Å². The van der Waals surface area contributed by atoms with Crippen LogP contribution in [0.1, 0.15) is 17.3 Å². The minimum atomic E-state index is -0.360. The van der Waals surface area contributed by atoms with Gasteiger partial charge < -0.3 is 4.74 Å². The molecule has 0 aliphatic rings. The maximum Gasteiger partial charge on any atom is 0.168 e. The van der Waals surface area contributed by atoms with Gasteiger partial charge in [0, 0.05) is 6.20 Å². The molecule has 1 aromatic carbocycles. The molecule has 0 saturated heterocycles. The Balaban J connectivity index is 2.24. The highest BCUT2D eigenvalue weighted by atomic mass is 19.1. The number of hydrogen-bond acceptors (Lipinski definition) is 4. The highest BCUT2D eigenvalue weighted by molar-refractivity contribution is 5.32. The van der Waals surface area contributed by atoms with E-state index in [9.17, 15) is 4.39 Å². The van der Waals surface area contributed by atoms with Crippen molar-refractivity contribution < 1.29 is 9.13 Å². The molecule has 0 radical (unpaired) electrons. The molecule has 2 aromatic rings. The van der Waals surface area contributed by atoms with Gasteiger partial charge in [-0.1, -0.05) is 18.2 Å².